The van der Waals surface area contributed by atoms with Gasteiger partial charge in [0.15, 0.2) is 0 Å². The van der Waals surface area contributed by atoms with Crippen molar-refractivity contribution in [2.75, 3.05) is 32.0 Å². The fraction of sp³-hybridized carbons (Fsp3) is 0.385. The van der Waals surface area contributed by atoms with Crippen molar-refractivity contribution >= 4 is 11.6 Å². The van der Waals surface area contributed by atoms with E-state index < -0.39 is 0 Å². The lowest BCUT2D eigenvalue weighted by atomic mass is 9.96. The molecule has 9 nitrogen and oxygen atoms in total. The summed E-state index contributed by atoms with van der Waals surface area (Å²) in [5.74, 6) is 1.15. The molecule has 1 saturated heterocycles. The van der Waals surface area contributed by atoms with Crippen LogP contribution in [0.4, 0.5) is 5.69 Å². The first-order valence-corrected chi connectivity index (χ1v) is 11.9. The molecule has 3 aromatic rings. The van der Waals surface area contributed by atoms with E-state index in [1.54, 1.807) is 6.92 Å². The molecule has 1 fully saturated rings. The van der Waals surface area contributed by atoms with Gasteiger partial charge in [0.1, 0.15) is 23.2 Å². The van der Waals surface area contributed by atoms with Gasteiger partial charge < -0.3 is 20.4 Å². The number of nitrogens with zero attached hydrogens (tertiary/aromatic N) is 5. The summed E-state index contributed by atoms with van der Waals surface area (Å²) in [5, 5.41) is 12.2. The lowest BCUT2D eigenvalue weighted by molar-refractivity contribution is 0.0929. The number of nitriles is 1. The number of aromatic nitrogens is 3. The number of amides is 1. The maximum atomic E-state index is 12.7. The average Bonchev–Trinajstić information content (AvgIpc) is 3.23. The highest BCUT2D eigenvalue weighted by Crippen LogP contribution is 2.24. The van der Waals surface area contributed by atoms with E-state index in [-0.39, 0.29) is 28.7 Å². The van der Waals surface area contributed by atoms with E-state index in [0.717, 1.165) is 49.6 Å². The van der Waals surface area contributed by atoms with Crippen LogP contribution in [0.1, 0.15) is 41.5 Å². The zero-order valence-corrected chi connectivity index (χ0v) is 20.2. The van der Waals surface area contributed by atoms with Gasteiger partial charge in [-0.2, -0.15) is 5.26 Å². The van der Waals surface area contributed by atoms with E-state index in [0.29, 0.717) is 19.1 Å². The molecule has 35 heavy (non-hydrogen) atoms. The number of nitrogens with two attached hydrogens (primary N) is 1. The molecule has 2 aromatic heterocycles. The quantitative estimate of drug-likeness (QED) is 0.516. The predicted octanol–water partition coefficient (Wildman–Crippen LogP) is 2.98. The summed E-state index contributed by atoms with van der Waals surface area (Å²) in [4.78, 5) is 24.1. The summed E-state index contributed by atoms with van der Waals surface area (Å²) in [5.41, 5.74) is 8.60. The molecule has 1 amide bonds. The van der Waals surface area contributed by atoms with Gasteiger partial charge in [0.05, 0.1) is 18.0 Å². The van der Waals surface area contributed by atoms with Gasteiger partial charge in [-0.1, -0.05) is 30.3 Å². The van der Waals surface area contributed by atoms with Crippen molar-refractivity contribution in [1.29, 1.82) is 5.26 Å². The van der Waals surface area contributed by atoms with Gasteiger partial charge in [0.25, 0.3) is 5.91 Å². The Bertz CT molecular complexity index is 1210. The number of rotatable bonds is 8. The maximum Gasteiger partial charge on any atom is 0.270 e. The van der Waals surface area contributed by atoms with Crippen LogP contribution in [-0.2, 0) is 13.6 Å². The molecule has 0 radical (unpaired) electrons. The van der Waals surface area contributed by atoms with Crippen molar-refractivity contribution in [3.63, 3.8) is 0 Å². The number of carbonyl (C=O) groups is 1. The van der Waals surface area contributed by atoms with E-state index in [4.69, 9.17) is 15.5 Å². The molecule has 0 spiro atoms. The second-order valence-corrected chi connectivity index (χ2v) is 8.78. The second-order valence-electron chi connectivity index (χ2n) is 8.78. The van der Waals surface area contributed by atoms with Crippen molar-refractivity contribution in [2.24, 2.45) is 13.0 Å². The number of ether oxygens (including phenoxy) is 1. The first-order chi connectivity index (χ1) is 17.0. The van der Waals surface area contributed by atoms with Crippen LogP contribution >= 0.6 is 0 Å². The van der Waals surface area contributed by atoms with Crippen LogP contribution in [0.3, 0.4) is 0 Å². The largest absolute Gasteiger partial charge is 0.477 e. The topological polar surface area (TPSA) is 122 Å². The molecule has 182 valence electrons. The molecular weight excluding hydrogens is 442 g/mol. The third-order valence-electron chi connectivity index (χ3n) is 6.24. The molecule has 4 rings (SSSR count). The average molecular weight is 474 g/mol. The molecular formula is C26H31N7O2. The summed E-state index contributed by atoms with van der Waals surface area (Å²) in [7, 11) is 2.03. The van der Waals surface area contributed by atoms with Crippen LogP contribution in [0.2, 0.25) is 0 Å². The number of piperidine rings is 1. The highest BCUT2D eigenvalue weighted by molar-refractivity contribution is 5.93. The number of hydrogen-bond donors (Lipinski definition) is 2. The summed E-state index contributed by atoms with van der Waals surface area (Å²) in [6, 6.07) is 13.6. The van der Waals surface area contributed by atoms with E-state index in [1.165, 1.54) is 6.07 Å². The van der Waals surface area contributed by atoms with Gasteiger partial charge in [-0.25, -0.2) is 9.97 Å². The number of pyridine rings is 1. The third kappa shape index (κ3) is 5.78. The summed E-state index contributed by atoms with van der Waals surface area (Å²) in [6.45, 7) is 5.40. The first-order valence-electron chi connectivity index (χ1n) is 11.9. The van der Waals surface area contributed by atoms with E-state index in [1.807, 2.05) is 31.3 Å². The van der Waals surface area contributed by atoms with Crippen molar-refractivity contribution in [3.05, 3.63) is 59.5 Å². The Labute approximate surface area is 205 Å². The van der Waals surface area contributed by atoms with Crippen LogP contribution < -0.4 is 15.8 Å². The van der Waals surface area contributed by atoms with Crippen LogP contribution in [0.25, 0.3) is 11.4 Å². The minimum atomic E-state index is -0.313. The zero-order valence-electron chi connectivity index (χ0n) is 20.2. The highest BCUT2D eigenvalue weighted by Gasteiger charge is 2.22. The number of hydrogen-bond acceptors (Lipinski definition) is 7. The van der Waals surface area contributed by atoms with Gasteiger partial charge in [0, 0.05) is 31.9 Å². The molecule has 0 unspecified atom stereocenters. The second kappa shape index (κ2) is 11.0. The Balaban J connectivity index is 1.28. The Morgan fingerprint density at radius 2 is 2.00 bits per heavy atom. The van der Waals surface area contributed by atoms with E-state index in [2.05, 4.69) is 38.1 Å². The lowest BCUT2D eigenvalue weighted by Crippen LogP contribution is -2.38. The molecule has 3 heterocycles. The first kappa shape index (κ1) is 24.2. The lowest BCUT2D eigenvalue weighted by Gasteiger charge is -2.31. The summed E-state index contributed by atoms with van der Waals surface area (Å²) < 4.78 is 7.46. The summed E-state index contributed by atoms with van der Waals surface area (Å²) >= 11 is 0. The van der Waals surface area contributed by atoms with Crippen LogP contribution in [-0.4, -0.2) is 51.6 Å². The van der Waals surface area contributed by atoms with Crippen LogP contribution in [0.5, 0.6) is 5.88 Å². The van der Waals surface area contributed by atoms with Crippen molar-refractivity contribution in [1.82, 2.24) is 24.8 Å². The number of benzene rings is 1. The summed E-state index contributed by atoms with van der Waals surface area (Å²) in [6.07, 6.45) is 4.08. The molecule has 0 atom stereocenters. The number of nitrogen functional groups attached to an aromatic ring is 1. The van der Waals surface area contributed by atoms with Crippen LogP contribution in [0, 0.1) is 17.2 Å². The fourth-order valence-corrected chi connectivity index (χ4v) is 4.38. The maximum absolute atomic E-state index is 12.7. The van der Waals surface area contributed by atoms with E-state index >= 15 is 0 Å². The number of carbonyl (C=O) groups excluding carboxylic acids is 1. The molecule has 0 aliphatic carbocycles. The minimum absolute atomic E-state index is 0.0957. The predicted molar refractivity (Wildman–Crippen MR) is 134 cm³/mol. The SMILES string of the molecule is CCOc1nc(C(=O)NCC2CCN(Cc3cn(C)c(-c4ccccc4)n3)CC2)cc(N)c1C#N. The number of aryl methyl sites for hydroxylation is 1. The van der Waals surface area contributed by atoms with Gasteiger partial charge in [-0.15, -0.1) is 0 Å². The monoisotopic (exact) mass is 473 g/mol. The van der Waals surface area contributed by atoms with E-state index in [9.17, 15) is 10.1 Å². The smallest absolute Gasteiger partial charge is 0.270 e. The van der Waals surface area contributed by atoms with Gasteiger partial charge in [-0.05, 0) is 44.8 Å². The molecule has 9 heteroatoms. The van der Waals surface area contributed by atoms with Gasteiger partial charge in [0.2, 0.25) is 5.88 Å². The normalized spacial score (nSPS) is 14.4. The Morgan fingerprint density at radius 3 is 2.69 bits per heavy atom. The molecule has 1 aliphatic rings. The zero-order chi connectivity index (χ0) is 24.8. The number of imidazole rings is 1. The number of anilines is 1. The number of nitrogens with one attached hydrogen (secondary N) is 1. The Kier molecular flexibility index (Phi) is 7.63. The fourth-order valence-electron chi connectivity index (χ4n) is 4.38. The third-order valence-corrected chi connectivity index (χ3v) is 6.24. The van der Waals surface area contributed by atoms with Gasteiger partial charge >= 0.3 is 0 Å². The minimum Gasteiger partial charge on any atom is -0.477 e. The van der Waals surface area contributed by atoms with Crippen molar-refractivity contribution in [3.8, 4) is 23.3 Å². The molecule has 3 N–H and O–H groups in total. The molecule has 1 aliphatic heterocycles. The highest BCUT2D eigenvalue weighted by atomic mass is 16.5. The standard InChI is InChI=1S/C26H31N7O2/c1-3-35-26-21(14-27)22(28)13-23(31-26)25(34)29-15-18-9-11-33(12-10-18)17-20-16-32(2)24(30-20)19-7-5-4-6-8-19/h4-8,13,16,18H,3,9-12,15,17H2,1-2H3,(H2,28,31)(H,29,34). The number of likely N-dealkylation sites (tertiary alicyclic amines) is 1. The van der Waals surface area contributed by atoms with Crippen LogP contribution in [0.15, 0.2) is 42.6 Å². The molecule has 1 aromatic carbocycles. The van der Waals surface area contributed by atoms with Crippen molar-refractivity contribution < 1.29 is 9.53 Å². The Hall–Kier alpha value is -3.90. The van der Waals surface area contributed by atoms with Crippen molar-refractivity contribution in [2.45, 2.75) is 26.3 Å². The van der Waals surface area contributed by atoms with Gasteiger partial charge in [-0.3, -0.25) is 9.69 Å². The Morgan fingerprint density at radius 1 is 1.26 bits per heavy atom. The molecule has 0 saturated carbocycles. The molecule has 0 bridgehead atoms.